The molecule has 0 saturated heterocycles. The lowest BCUT2D eigenvalue weighted by Gasteiger charge is -2.34. The van der Waals surface area contributed by atoms with Gasteiger partial charge >= 0.3 is 0 Å². The Morgan fingerprint density at radius 2 is 2.00 bits per heavy atom. The lowest BCUT2D eigenvalue weighted by Crippen LogP contribution is -2.45. The molecule has 15 heavy (non-hydrogen) atoms. The van der Waals surface area contributed by atoms with Crippen LogP contribution < -0.4 is 5.73 Å². The molecule has 3 nitrogen and oxygen atoms in total. The minimum atomic E-state index is -0.667. The molecule has 90 valence electrons. The lowest BCUT2D eigenvalue weighted by molar-refractivity contribution is 0.0229. The molecular weight excluding hydrogens is 208 g/mol. The van der Waals surface area contributed by atoms with Crippen LogP contribution in [0.2, 0.25) is 0 Å². The van der Waals surface area contributed by atoms with Gasteiger partial charge in [0.2, 0.25) is 0 Å². The molecule has 0 heterocycles. The van der Waals surface area contributed by atoms with Crippen LogP contribution in [-0.4, -0.2) is 39.7 Å². The van der Waals surface area contributed by atoms with Crippen molar-refractivity contribution in [2.24, 2.45) is 5.73 Å². The van der Waals surface area contributed by atoms with Crippen molar-refractivity contribution in [2.75, 3.05) is 13.1 Å². The second-order valence-electron chi connectivity index (χ2n) is 4.61. The van der Waals surface area contributed by atoms with Gasteiger partial charge in [-0.3, -0.25) is 4.90 Å². The van der Waals surface area contributed by atoms with Crippen LogP contribution >= 0.6 is 12.2 Å². The maximum absolute atomic E-state index is 9.79. The van der Waals surface area contributed by atoms with Crippen LogP contribution in [-0.2, 0) is 0 Å². The third kappa shape index (κ3) is 6.82. The van der Waals surface area contributed by atoms with E-state index < -0.39 is 5.60 Å². The monoisotopic (exact) mass is 232 g/mol. The molecule has 4 heteroatoms. The van der Waals surface area contributed by atoms with E-state index in [1.165, 1.54) is 0 Å². The summed E-state index contributed by atoms with van der Waals surface area (Å²) in [5, 5.41) is 9.79. The Kier molecular flexibility index (Phi) is 6.32. The number of rotatable bonds is 7. The van der Waals surface area contributed by atoms with Crippen molar-refractivity contribution in [1.82, 2.24) is 4.90 Å². The fourth-order valence-corrected chi connectivity index (χ4v) is 1.95. The van der Waals surface area contributed by atoms with Gasteiger partial charge in [0.15, 0.2) is 0 Å². The zero-order chi connectivity index (χ0) is 12.1. The Morgan fingerprint density at radius 3 is 2.27 bits per heavy atom. The van der Waals surface area contributed by atoms with Crippen molar-refractivity contribution < 1.29 is 5.11 Å². The number of likely N-dealkylation sites (N-methyl/N-ethyl adjacent to an activating group) is 1. The average molecular weight is 232 g/mol. The predicted molar refractivity (Wildman–Crippen MR) is 69.0 cm³/mol. The normalized spacial score (nSPS) is 14.3. The highest BCUT2D eigenvalue weighted by Gasteiger charge is 2.22. The van der Waals surface area contributed by atoms with Crippen LogP contribution in [0.4, 0.5) is 0 Å². The molecule has 0 rings (SSSR count). The minimum absolute atomic E-state index is 0.346. The molecule has 0 aliphatic rings. The fraction of sp³-hybridized carbons (Fsp3) is 0.909. The topological polar surface area (TPSA) is 49.5 Å². The van der Waals surface area contributed by atoms with Gasteiger partial charge in [-0.05, 0) is 26.8 Å². The summed E-state index contributed by atoms with van der Waals surface area (Å²) >= 11 is 4.94. The summed E-state index contributed by atoms with van der Waals surface area (Å²) in [6, 6.07) is 0.346. The van der Waals surface area contributed by atoms with E-state index in [-0.39, 0.29) is 0 Å². The van der Waals surface area contributed by atoms with Crippen LogP contribution in [0.1, 0.15) is 40.5 Å². The molecule has 0 aliphatic carbocycles. The first kappa shape index (κ1) is 14.8. The molecule has 0 aromatic heterocycles. The quantitative estimate of drug-likeness (QED) is 0.654. The van der Waals surface area contributed by atoms with Crippen LogP contribution in [0.3, 0.4) is 0 Å². The van der Waals surface area contributed by atoms with E-state index in [1.807, 2.05) is 13.8 Å². The molecule has 0 aliphatic heterocycles. The number of aliphatic hydroxyl groups is 1. The van der Waals surface area contributed by atoms with Gasteiger partial charge < -0.3 is 10.8 Å². The smallest absolute Gasteiger partial charge is 0.0743 e. The van der Waals surface area contributed by atoms with E-state index in [0.29, 0.717) is 17.6 Å². The van der Waals surface area contributed by atoms with Crippen molar-refractivity contribution >= 4 is 17.2 Å². The third-order valence-corrected chi connectivity index (χ3v) is 2.59. The second kappa shape index (κ2) is 6.40. The SMILES string of the molecule is CCC(CC(N)=S)N(CC)CC(C)(C)O. The van der Waals surface area contributed by atoms with E-state index >= 15 is 0 Å². The highest BCUT2D eigenvalue weighted by Crippen LogP contribution is 2.13. The van der Waals surface area contributed by atoms with E-state index in [9.17, 15) is 5.11 Å². The maximum Gasteiger partial charge on any atom is 0.0743 e. The number of hydrogen-bond acceptors (Lipinski definition) is 3. The van der Waals surface area contributed by atoms with Crippen LogP contribution in [0.25, 0.3) is 0 Å². The van der Waals surface area contributed by atoms with Gasteiger partial charge in [-0.25, -0.2) is 0 Å². The van der Waals surface area contributed by atoms with E-state index in [2.05, 4.69) is 18.7 Å². The standard InChI is InChI=1S/C11H24N2OS/c1-5-9(7-10(12)15)13(6-2)8-11(3,4)14/h9,14H,5-8H2,1-4H3,(H2,12,15). The first-order valence-electron chi connectivity index (χ1n) is 5.54. The molecule has 0 radical (unpaired) electrons. The molecule has 0 bridgehead atoms. The molecule has 0 saturated carbocycles. The van der Waals surface area contributed by atoms with Crippen molar-refractivity contribution in [3.63, 3.8) is 0 Å². The average Bonchev–Trinajstić information content (AvgIpc) is 2.08. The van der Waals surface area contributed by atoms with Gasteiger partial charge in [0.1, 0.15) is 0 Å². The minimum Gasteiger partial charge on any atom is -0.393 e. The molecule has 0 aromatic rings. The van der Waals surface area contributed by atoms with Crippen LogP contribution in [0, 0.1) is 0 Å². The Labute approximate surface area is 98.6 Å². The largest absolute Gasteiger partial charge is 0.393 e. The summed E-state index contributed by atoms with van der Waals surface area (Å²) in [6.07, 6.45) is 1.73. The molecule has 1 atom stereocenters. The Bertz CT molecular complexity index is 201. The highest BCUT2D eigenvalue weighted by atomic mass is 32.1. The number of thiocarbonyl (C=S) groups is 1. The van der Waals surface area contributed by atoms with Crippen molar-refractivity contribution in [1.29, 1.82) is 0 Å². The molecule has 0 amide bonds. The molecule has 3 N–H and O–H groups in total. The number of nitrogens with zero attached hydrogens (tertiary/aromatic N) is 1. The van der Waals surface area contributed by atoms with Gasteiger partial charge in [-0.15, -0.1) is 0 Å². The molecule has 0 fully saturated rings. The maximum atomic E-state index is 9.79. The molecule has 1 unspecified atom stereocenters. The first-order valence-corrected chi connectivity index (χ1v) is 5.95. The summed E-state index contributed by atoms with van der Waals surface area (Å²) in [5.41, 5.74) is 4.90. The summed E-state index contributed by atoms with van der Waals surface area (Å²) in [7, 11) is 0. The molecule has 0 spiro atoms. The molecule has 0 aromatic carbocycles. The van der Waals surface area contributed by atoms with Gasteiger partial charge in [-0.2, -0.15) is 0 Å². The van der Waals surface area contributed by atoms with Gasteiger partial charge in [0.25, 0.3) is 0 Å². The highest BCUT2D eigenvalue weighted by molar-refractivity contribution is 7.80. The van der Waals surface area contributed by atoms with E-state index in [0.717, 1.165) is 19.4 Å². The summed E-state index contributed by atoms with van der Waals surface area (Å²) in [5.74, 6) is 0. The van der Waals surface area contributed by atoms with Crippen LogP contribution in [0.15, 0.2) is 0 Å². The fourth-order valence-electron chi connectivity index (χ4n) is 1.76. The van der Waals surface area contributed by atoms with Gasteiger partial charge in [-0.1, -0.05) is 26.1 Å². The Morgan fingerprint density at radius 1 is 1.47 bits per heavy atom. The van der Waals surface area contributed by atoms with Gasteiger partial charge in [0.05, 0.1) is 10.6 Å². The number of nitrogens with two attached hydrogens (primary N) is 1. The Hall–Kier alpha value is -0.190. The zero-order valence-corrected chi connectivity index (χ0v) is 11.1. The predicted octanol–water partition coefficient (Wildman–Crippen LogP) is 1.53. The second-order valence-corrected chi connectivity index (χ2v) is 5.13. The summed E-state index contributed by atoms with van der Waals surface area (Å²) < 4.78 is 0. The van der Waals surface area contributed by atoms with Crippen molar-refractivity contribution in [3.05, 3.63) is 0 Å². The van der Waals surface area contributed by atoms with Crippen molar-refractivity contribution in [2.45, 2.75) is 52.2 Å². The van der Waals surface area contributed by atoms with E-state index in [4.69, 9.17) is 18.0 Å². The third-order valence-electron chi connectivity index (χ3n) is 2.42. The lowest BCUT2D eigenvalue weighted by atomic mass is 10.0. The summed E-state index contributed by atoms with van der Waals surface area (Å²) in [4.78, 5) is 2.79. The van der Waals surface area contributed by atoms with Crippen molar-refractivity contribution in [3.8, 4) is 0 Å². The van der Waals surface area contributed by atoms with Gasteiger partial charge in [0, 0.05) is 19.0 Å². The summed E-state index contributed by atoms with van der Waals surface area (Å²) in [6.45, 7) is 9.42. The number of hydrogen-bond donors (Lipinski definition) is 2. The van der Waals surface area contributed by atoms with Crippen LogP contribution in [0.5, 0.6) is 0 Å². The molecular formula is C11H24N2OS. The zero-order valence-electron chi connectivity index (χ0n) is 10.3. The van der Waals surface area contributed by atoms with E-state index in [1.54, 1.807) is 0 Å². The first-order chi connectivity index (χ1) is 6.80. The Balaban J connectivity index is 4.40.